The van der Waals surface area contributed by atoms with Crippen LogP contribution in [0.25, 0.3) is 22.6 Å². The molecule has 226 valence electrons. The molecule has 4 aromatic rings. The minimum atomic E-state index is -3.71. The highest BCUT2D eigenvalue weighted by molar-refractivity contribution is 7.91. The number of hydrogen-bond donors (Lipinski definition) is 1. The van der Waals surface area contributed by atoms with Gasteiger partial charge in [0.25, 0.3) is 11.8 Å². The molecule has 0 fully saturated rings. The summed E-state index contributed by atoms with van der Waals surface area (Å²) in [5, 5.41) is 7.55. The fourth-order valence-corrected chi connectivity index (χ4v) is 5.10. The molecule has 1 aliphatic rings. The molecule has 2 heterocycles. The van der Waals surface area contributed by atoms with E-state index in [-0.39, 0.29) is 23.7 Å². The van der Waals surface area contributed by atoms with Crippen molar-refractivity contribution in [2.24, 2.45) is 5.73 Å². The lowest BCUT2D eigenvalue weighted by Gasteiger charge is -2.25. The van der Waals surface area contributed by atoms with Crippen LogP contribution in [0.15, 0.2) is 65.1 Å². The molecule has 1 aromatic heterocycles. The van der Waals surface area contributed by atoms with E-state index in [4.69, 9.17) is 14.9 Å². The van der Waals surface area contributed by atoms with Crippen molar-refractivity contribution in [3.63, 3.8) is 0 Å². The molecule has 0 unspecified atom stereocenters. The number of methoxy groups -OCH3 is 1. The predicted octanol–water partition coefficient (Wildman–Crippen LogP) is 5.19. The van der Waals surface area contributed by atoms with E-state index in [0.29, 0.717) is 17.4 Å². The Morgan fingerprint density at radius 2 is 1.67 bits per heavy atom. The van der Waals surface area contributed by atoms with Gasteiger partial charge in [0.15, 0.2) is 9.84 Å². The van der Waals surface area contributed by atoms with Crippen LogP contribution in [0.2, 0.25) is 0 Å². The van der Waals surface area contributed by atoms with Gasteiger partial charge in [0.2, 0.25) is 11.8 Å². The normalized spacial score (nSPS) is 17.0. The number of ether oxygens (including phenoxy) is 1. The van der Waals surface area contributed by atoms with E-state index in [9.17, 15) is 13.2 Å². The molecule has 43 heavy (non-hydrogen) atoms. The van der Waals surface area contributed by atoms with Gasteiger partial charge in [-0.15, -0.1) is 10.2 Å². The first-order chi connectivity index (χ1) is 20.1. The van der Waals surface area contributed by atoms with Crippen LogP contribution in [0.1, 0.15) is 37.3 Å². The molecular weight excluding hydrogens is 585 g/mol. The minimum Gasteiger partial charge on any atom is -0.497 e. The Balaban J connectivity index is 1.55. The lowest BCUT2D eigenvalue weighted by Crippen LogP contribution is -2.43. The third-order valence-corrected chi connectivity index (χ3v) is 9.67. The van der Waals surface area contributed by atoms with Gasteiger partial charge in [-0.3, -0.25) is 4.79 Å². The van der Waals surface area contributed by atoms with Crippen LogP contribution in [0.4, 0.5) is 18.9 Å². The van der Waals surface area contributed by atoms with Gasteiger partial charge in [0.1, 0.15) is 16.3 Å². The molecular formula is C30H29F3N4O5S. The summed E-state index contributed by atoms with van der Waals surface area (Å²) in [6.45, 7) is 2.55. The number of carbonyl (C=O) groups is 1. The second-order valence-corrected chi connectivity index (χ2v) is 13.5. The highest BCUT2D eigenvalue weighted by Crippen LogP contribution is 2.45. The number of nitrogens with two attached hydrogens (primary N) is 1. The maximum atomic E-state index is 15.4. The fraction of sp³-hybridized carbons (Fsp3) is 0.300. The first-order valence-electron chi connectivity index (χ1n) is 13.2. The lowest BCUT2D eigenvalue weighted by atomic mass is 9.99. The third-order valence-electron chi connectivity index (χ3n) is 7.65. The fourth-order valence-electron chi connectivity index (χ4n) is 4.70. The minimum absolute atomic E-state index is 0.139. The summed E-state index contributed by atoms with van der Waals surface area (Å²) in [7, 11) is -2.14. The van der Waals surface area contributed by atoms with Crippen molar-refractivity contribution in [3.05, 3.63) is 83.5 Å². The van der Waals surface area contributed by atoms with E-state index in [0.717, 1.165) is 28.3 Å². The predicted molar refractivity (Wildman–Crippen MR) is 154 cm³/mol. The standard InChI is InChI=1S/C30H29F3N4O5S/c1-29(2,43(4,39)40)28-36-35-26(42-28)21-13-25-22(14-23(21)31)30(32,33)15-24(34)27(38)37(25)16-17-5-7-18(8-6-17)19-9-11-20(41-3)12-10-19/h5-14,24H,15-16,34H2,1-4H3/t24-/m0/s1. The zero-order valence-electron chi connectivity index (χ0n) is 23.8. The number of aromatic nitrogens is 2. The Labute approximate surface area is 246 Å². The molecule has 1 amide bonds. The van der Waals surface area contributed by atoms with E-state index in [2.05, 4.69) is 10.2 Å². The molecule has 5 rings (SSSR count). The molecule has 13 heteroatoms. The number of fused-ring (bicyclic) bond motifs is 1. The highest BCUT2D eigenvalue weighted by Gasteiger charge is 2.45. The molecule has 2 N–H and O–H groups in total. The van der Waals surface area contributed by atoms with Crippen molar-refractivity contribution in [1.82, 2.24) is 10.2 Å². The van der Waals surface area contributed by atoms with Crippen molar-refractivity contribution < 1.29 is 35.5 Å². The van der Waals surface area contributed by atoms with Gasteiger partial charge < -0.3 is 19.8 Å². The van der Waals surface area contributed by atoms with Gasteiger partial charge in [-0.2, -0.15) is 0 Å². The molecule has 1 atom stereocenters. The Hall–Kier alpha value is -4.23. The third kappa shape index (κ3) is 5.62. The molecule has 0 radical (unpaired) electrons. The van der Waals surface area contributed by atoms with Crippen LogP contribution in [-0.2, 0) is 31.8 Å². The van der Waals surface area contributed by atoms with E-state index >= 15 is 13.2 Å². The first kappa shape index (κ1) is 30.2. The Bertz CT molecular complexity index is 1790. The molecule has 0 bridgehead atoms. The van der Waals surface area contributed by atoms with Crippen LogP contribution < -0.4 is 15.4 Å². The number of amides is 1. The van der Waals surface area contributed by atoms with E-state index < -0.39 is 56.1 Å². The van der Waals surface area contributed by atoms with Crippen molar-refractivity contribution in [3.8, 4) is 28.3 Å². The summed E-state index contributed by atoms with van der Waals surface area (Å²) < 4.78 is 79.6. The van der Waals surface area contributed by atoms with Crippen molar-refractivity contribution >= 4 is 21.4 Å². The smallest absolute Gasteiger partial charge is 0.277 e. The van der Waals surface area contributed by atoms with Crippen LogP contribution in [0.5, 0.6) is 5.75 Å². The van der Waals surface area contributed by atoms with E-state index in [1.165, 1.54) is 13.8 Å². The molecule has 9 nitrogen and oxygen atoms in total. The number of rotatable bonds is 7. The van der Waals surface area contributed by atoms with E-state index in [1.807, 2.05) is 36.4 Å². The van der Waals surface area contributed by atoms with Crippen molar-refractivity contribution in [2.45, 2.75) is 43.5 Å². The van der Waals surface area contributed by atoms with Gasteiger partial charge in [0, 0.05) is 18.2 Å². The Kier molecular flexibility index (Phi) is 7.59. The van der Waals surface area contributed by atoms with Crippen LogP contribution in [-0.4, -0.2) is 43.9 Å². The number of carbonyl (C=O) groups excluding carboxylic acids is 1. The highest BCUT2D eigenvalue weighted by atomic mass is 32.2. The summed E-state index contributed by atoms with van der Waals surface area (Å²) in [6, 6.07) is 14.7. The van der Waals surface area contributed by atoms with E-state index in [1.54, 1.807) is 19.2 Å². The topological polar surface area (TPSA) is 129 Å². The molecule has 0 aliphatic carbocycles. The van der Waals surface area contributed by atoms with Gasteiger partial charge in [0.05, 0.1) is 30.9 Å². The summed E-state index contributed by atoms with van der Waals surface area (Å²) >= 11 is 0. The number of benzene rings is 3. The number of halogens is 3. The maximum Gasteiger partial charge on any atom is 0.277 e. The molecule has 0 saturated heterocycles. The number of hydrogen-bond acceptors (Lipinski definition) is 8. The summed E-state index contributed by atoms with van der Waals surface area (Å²) in [5.41, 5.74) is 6.94. The molecule has 0 spiro atoms. The summed E-state index contributed by atoms with van der Waals surface area (Å²) in [5.74, 6) is -5.55. The molecule has 3 aromatic carbocycles. The number of nitrogens with zero attached hydrogens (tertiary/aromatic N) is 3. The van der Waals surface area contributed by atoms with Gasteiger partial charge in [-0.25, -0.2) is 21.6 Å². The Morgan fingerprint density at radius 3 is 2.26 bits per heavy atom. The summed E-state index contributed by atoms with van der Waals surface area (Å²) in [4.78, 5) is 14.5. The van der Waals surface area contributed by atoms with Crippen molar-refractivity contribution in [2.75, 3.05) is 18.3 Å². The lowest BCUT2D eigenvalue weighted by molar-refractivity contribution is -0.122. The van der Waals surface area contributed by atoms with Gasteiger partial charge >= 0.3 is 0 Å². The van der Waals surface area contributed by atoms with Crippen molar-refractivity contribution in [1.29, 1.82) is 0 Å². The second kappa shape index (κ2) is 10.8. The van der Waals surface area contributed by atoms with Crippen LogP contribution in [0, 0.1) is 5.82 Å². The molecule has 0 saturated carbocycles. The number of anilines is 1. The van der Waals surface area contributed by atoms with Gasteiger partial charge in [-0.1, -0.05) is 36.4 Å². The average Bonchev–Trinajstić information content (AvgIpc) is 3.44. The number of alkyl halides is 2. The maximum absolute atomic E-state index is 15.4. The summed E-state index contributed by atoms with van der Waals surface area (Å²) in [6.07, 6.45) is -0.0318. The Morgan fingerprint density at radius 1 is 1.07 bits per heavy atom. The average molecular weight is 615 g/mol. The number of sulfone groups is 1. The quantitative estimate of drug-likeness (QED) is 0.301. The first-order valence-corrected chi connectivity index (χ1v) is 15.1. The zero-order chi connectivity index (χ0) is 31.3. The van der Waals surface area contributed by atoms with Crippen LogP contribution >= 0.6 is 0 Å². The zero-order valence-corrected chi connectivity index (χ0v) is 24.6. The second-order valence-electron chi connectivity index (χ2n) is 10.9. The monoisotopic (exact) mass is 614 g/mol. The largest absolute Gasteiger partial charge is 0.497 e. The molecule has 1 aliphatic heterocycles. The van der Waals surface area contributed by atoms with Gasteiger partial charge in [-0.05, 0) is 54.8 Å². The SMILES string of the molecule is COc1ccc(-c2ccc(CN3C(=O)[C@@H](N)CC(F)(F)c4cc(F)c(-c5nnc(C(C)(C)S(C)(=O)=O)o5)cc43)cc2)cc1. The van der Waals surface area contributed by atoms with Crippen LogP contribution in [0.3, 0.4) is 0 Å².